The van der Waals surface area contributed by atoms with Gasteiger partial charge in [-0.05, 0) is 49.4 Å². The fourth-order valence-corrected chi connectivity index (χ4v) is 3.24. The number of ether oxygens (including phenoxy) is 1. The van der Waals surface area contributed by atoms with E-state index in [0.717, 1.165) is 31.2 Å². The molecule has 1 aromatic rings. The second kappa shape index (κ2) is 8.31. The van der Waals surface area contributed by atoms with Crippen LogP contribution in [0.1, 0.15) is 64.0 Å². The molecule has 1 N–H and O–H groups in total. The van der Waals surface area contributed by atoms with Gasteiger partial charge in [-0.1, -0.05) is 45.2 Å². The number of hydrogen-bond acceptors (Lipinski definition) is 2. The molecule has 2 nitrogen and oxygen atoms in total. The summed E-state index contributed by atoms with van der Waals surface area (Å²) in [6, 6.07) is 9.25. The predicted octanol–water partition coefficient (Wildman–Crippen LogP) is 4.71. The molecule has 0 aromatic heterocycles. The summed E-state index contributed by atoms with van der Waals surface area (Å²) in [6.07, 6.45) is 8.00. The standard InChI is InChI=1S/C18H29NO/c1-3-14-20-17-12-10-16(11-13-17)18(19-4-2)15-8-6-5-7-9-15/h10-13,15,18-19H,3-9,14H2,1-2H3. The second-order valence-electron chi connectivity index (χ2n) is 5.85. The Morgan fingerprint density at radius 1 is 1.10 bits per heavy atom. The number of hydrogen-bond donors (Lipinski definition) is 1. The monoisotopic (exact) mass is 275 g/mol. The number of rotatable bonds is 7. The Labute approximate surface area is 123 Å². The average Bonchev–Trinajstić information content (AvgIpc) is 2.52. The van der Waals surface area contributed by atoms with Crippen molar-refractivity contribution in [1.82, 2.24) is 5.32 Å². The van der Waals surface area contributed by atoms with Gasteiger partial charge in [-0.3, -0.25) is 0 Å². The third-order valence-electron chi connectivity index (χ3n) is 4.26. The van der Waals surface area contributed by atoms with Crippen LogP contribution >= 0.6 is 0 Å². The van der Waals surface area contributed by atoms with E-state index in [1.807, 2.05) is 0 Å². The van der Waals surface area contributed by atoms with E-state index in [0.29, 0.717) is 6.04 Å². The van der Waals surface area contributed by atoms with Crippen molar-refractivity contribution in [3.63, 3.8) is 0 Å². The molecule has 1 unspecified atom stereocenters. The molecule has 0 heterocycles. The molecular weight excluding hydrogens is 246 g/mol. The molecule has 0 aliphatic heterocycles. The molecule has 1 fully saturated rings. The highest BCUT2D eigenvalue weighted by Crippen LogP contribution is 2.34. The minimum atomic E-state index is 0.514. The lowest BCUT2D eigenvalue weighted by molar-refractivity contribution is 0.274. The highest BCUT2D eigenvalue weighted by atomic mass is 16.5. The zero-order valence-electron chi connectivity index (χ0n) is 13.0. The fourth-order valence-electron chi connectivity index (χ4n) is 3.24. The van der Waals surface area contributed by atoms with E-state index < -0.39 is 0 Å². The van der Waals surface area contributed by atoms with E-state index in [1.54, 1.807) is 0 Å². The molecule has 1 aliphatic rings. The van der Waals surface area contributed by atoms with Crippen LogP contribution in [0.15, 0.2) is 24.3 Å². The zero-order chi connectivity index (χ0) is 14.2. The van der Waals surface area contributed by atoms with Crippen molar-refractivity contribution in [2.75, 3.05) is 13.2 Å². The first kappa shape index (κ1) is 15.4. The van der Waals surface area contributed by atoms with Crippen molar-refractivity contribution in [2.45, 2.75) is 58.4 Å². The van der Waals surface area contributed by atoms with Gasteiger partial charge in [-0.15, -0.1) is 0 Å². The molecule has 0 spiro atoms. The Balaban J connectivity index is 2.04. The van der Waals surface area contributed by atoms with Crippen molar-refractivity contribution >= 4 is 0 Å². The molecule has 0 bridgehead atoms. The maximum absolute atomic E-state index is 5.67. The molecule has 0 radical (unpaired) electrons. The third-order valence-corrected chi connectivity index (χ3v) is 4.26. The Kier molecular flexibility index (Phi) is 6.38. The van der Waals surface area contributed by atoms with Crippen LogP contribution in [-0.4, -0.2) is 13.2 Å². The minimum Gasteiger partial charge on any atom is -0.494 e. The molecule has 112 valence electrons. The topological polar surface area (TPSA) is 21.3 Å². The molecule has 20 heavy (non-hydrogen) atoms. The van der Waals surface area contributed by atoms with Gasteiger partial charge in [-0.2, -0.15) is 0 Å². The van der Waals surface area contributed by atoms with Gasteiger partial charge in [-0.25, -0.2) is 0 Å². The maximum atomic E-state index is 5.67. The molecular formula is C18H29NO. The normalized spacial score (nSPS) is 17.9. The summed E-state index contributed by atoms with van der Waals surface area (Å²) in [7, 11) is 0. The summed E-state index contributed by atoms with van der Waals surface area (Å²) in [4.78, 5) is 0. The van der Waals surface area contributed by atoms with Crippen molar-refractivity contribution in [1.29, 1.82) is 0 Å². The minimum absolute atomic E-state index is 0.514. The SMILES string of the molecule is CCCOc1ccc(C(NCC)C2CCCCC2)cc1. The first-order valence-electron chi connectivity index (χ1n) is 8.31. The van der Waals surface area contributed by atoms with E-state index in [9.17, 15) is 0 Å². The molecule has 1 aliphatic carbocycles. The smallest absolute Gasteiger partial charge is 0.119 e. The largest absolute Gasteiger partial charge is 0.494 e. The highest BCUT2D eigenvalue weighted by Gasteiger charge is 2.24. The van der Waals surface area contributed by atoms with Crippen molar-refractivity contribution in [2.24, 2.45) is 5.92 Å². The summed E-state index contributed by atoms with van der Waals surface area (Å²) in [6.45, 7) is 6.18. The van der Waals surface area contributed by atoms with Gasteiger partial charge >= 0.3 is 0 Å². The summed E-state index contributed by atoms with van der Waals surface area (Å²) >= 11 is 0. The maximum Gasteiger partial charge on any atom is 0.119 e. The highest BCUT2D eigenvalue weighted by molar-refractivity contribution is 5.29. The van der Waals surface area contributed by atoms with Gasteiger partial charge in [0.1, 0.15) is 5.75 Å². The summed E-state index contributed by atoms with van der Waals surface area (Å²) in [5.74, 6) is 1.79. The quantitative estimate of drug-likeness (QED) is 0.778. The van der Waals surface area contributed by atoms with E-state index in [4.69, 9.17) is 4.74 Å². The number of benzene rings is 1. The van der Waals surface area contributed by atoms with Crippen LogP contribution in [-0.2, 0) is 0 Å². The lowest BCUT2D eigenvalue weighted by Crippen LogP contribution is -2.29. The van der Waals surface area contributed by atoms with E-state index in [2.05, 4.69) is 43.4 Å². The van der Waals surface area contributed by atoms with Crippen molar-refractivity contribution < 1.29 is 4.74 Å². The lowest BCUT2D eigenvalue weighted by Gasteiger charge is -2.31. The van der Waals surface area contributed by atoms with Gasteiger partial charge in [0.05, 0.1) is 6.61 Å². The lowest BCUT2D eigenvalue weighted by atomic mass is 9.81. The Morgan fingerprint density at radius 3 is 2.40 bits per heavy atom. The third kappa shape index (κ3) is 4.24. The predicted molar refractivity (Wildman–Crippen MR) is 85.2 cm³/mol. The molecule has 2 rings (SSSR count). The molecule has 2 heteroatoms. The molecule has 1 aromatic carbocycles. The first-order chi connectivity index (χ1) is 9.85. The van der Waals surface area contributed by atoms with Gasteiger partial charge in [0, 0.05) is 6.04 Å². The molecule has 0 amide bonds. The van der Waals surface area contributed by atoms with Crippen LogP contribution in [0.3, 0.4) is 0 Å². The van der Waals surface area contributed by atoms with Crippen LogP contribution in [0.5, 0.6) is 5.75 Å². The van der Waals surface area contributed by atoms with E-state index >= 15 is 0 Å². The van der Waals surface area contributed by atoms with Gasteiger partial charge < -0.3 is 10.1 Å². The van der Waals surface area contributed by atoms with Crippen molar-refractivity contribution in [3.05, 3.63) is 29.8 Å². The summed E-state index contributed by atoms with van der Waals surface area (Å²) in [5, 5.41) is 3.69. The Hall–Kier alpha value is -1.02. The van der Waals surface area contributed by atoms with Crippen molar-refractivity contribution in [3.8, 4) is 5.75 Å². The molecule has 1 saturated carbocycles. The van der Waals surface area contributed by atoms with Crippen LogP contribution < -0.4 is 10.1 Å². The van der Waals surface area contributed by atoms with E-state index in [1.165, 1.54) is 37.7 Å². The first-order valence-corrected chi connectivity index (χ1v) is 8.31. The Morgan fingerprint density at radius 2 is 1.80 bits per heavy atom. The summed E-state index contributed by atoms with van der Waals surface area (Å²) in [5.41, 5.74) is 1.42. The fraction of sp³-hybridized carbons (Fsp3) is 0.667. The van der Waals surface area contributed by atoms with Crippen LogP contribution in [0.25, 0.3) is 0 Å². The Bertz CT molecular complexity index is 368. The van der Waals surface area contributed by atoms with Gasteiger partial charge in [0.15, 0.2) is 0 Å². The van der Waals surface area contributed by atoms with E-state index in [-0.39, 0.29) is 0 Å². The zero-order valence-corrected chi connectivity index (χ0v) is 13.0. The molecule has 1 atom stereocenters. The van der Waals surface area contributed by atoms with Crippen LogP contribution in [0.4, 0.5) is 0 Å². The summed E-state index contributed by atoms with van der Waals surface area (Å²) < 4.78 is 5.67. The van der Waals surface area contributed by atoms with Crippen LogP contribution in [0, 0.1) is 5.92 Å². The van der Waals surface area contributed by atoms with Crippen LogP contribution in [0.2, 0.25) is 0 Å². The van der Waals surface area contributed by atoms with Gasteiger partial charge in [0.25, 0.3) is 0 Å². The molecule has 0 saturated heterocycles. The number of nitrogens with one attached hydrogen (secondary N) is 1. The average molecular weight is 275 g/mol. The second-order valence-corrected chi connectivity index (χ2v) is 5.85. The van der Waals surface area contributed by atoms with Gasteiger partial charge in [0.2, 0.25) is 0 Å².